The average molecular weight is 581 g/mol. The molecule has 33 heavy (non-hydrogen) atoms. The second kappa shape index (κ2) is 10.6. The van der Waals surface area contributed by atoms with Crippen LogP contribution >= 0.6 is 34.8 Å². The number of halogens is 1. The number of nitro benzene ring substituents is 1. The number of nitrogens with zero attached hydrogens (tertiary/aromatic N) is 4. The second-order valence-corrected chi connectivity index (χ2v) is 9.41. The molecule has 0 spiro atoms. The molecule has 0 atom stereocenters. The quantitative estimate of drug-likeness (QED) is 0.255. The maximum atomic E-state index is 12.5. The summed E-state index contributed by atoms with van der Waals surface area (Å²) in [7, 11) is 0. The van der Waals surface area contributed by atoms with Crippen molar-refractivity contribution >= 4 is 62.9 Å². The van der Waals surface area contributed by atoms with Gasteiger partial charge in [0, 0.05) is 60.2 Å². The smallest absolute Gasteiger partial charge is 0.292 e. The first-order valence-corrected chi connectivity index (χ1v) is 12.1. The molecule has 2 saturated heterocycles. The van der Waals surface area contributed by atoms with Gasteiger partial charge in [-0.1, -0.05) is 6.07 Å². The van der Waals surface area contributed by atoms with Crippen LogP contribution in [-0.4, -0.2) is 73.3 Å². The highest BCUT2D eigenvalue weighted by molar-refractivity contribution is 14.1. The lowest BCUT2D eigenvalue weighted by Crippen LogP contribution is -2.52. The van der Waals surface area contributed by atoms with Gasteiger partial charge in [0.1, 0.15) is 5.69 Å². The molecule has 174 valence electrons. The average Bonchev–Trinajstić information content (AvgIpc) is 2.84. The number of carbonyl (C=O) groups is 1. The van der Waals surface area contributed by atoms with Gasteiger partial charge in [-0.2, -0.15) is 0 Å². The largest absolute Gasteiger partial charge is 0.378 e. The van der Waals surface area contributed by atoms with Crippen molar-refractivity contribution in [1.29, 1.82) is 0 Å². The maximum Gasteiger partial charge on any atom is 0.292 e. The number of hydrogen-bond donors (Lipinski definition) is 1. The molecule has 4 rings (SSSR count). The third-order valence-corrected chi connectivity index (χ3v) is 6.78. The number of hydrogen-bond acceptors (Lipinski definition) is 7. The van der Waals surface area contributed by atoms with Crippen LogP contribution in [0.15, 0.2) is 42.5 Å². The number of benzene rings is 2. The number of nitrogens with one attached hydrogen (secondary N) is 1. The molecule has 0 bridgehead atoms. The fraction of sp³-hybridized carbons (Fsp3) is 0.364. The highest BCUT2D eigenvalue weighted by Gasteiger charge is 2.25. The van der Waals surface area contributed by atoms with Crippen LogP contribution in [0.2, 0.25) is 0 Å². The summed E-state index contributed by atoms with van der Waals surface area (Å²) in [6.45, 7) is 5.07. The molecule has 2 aliphatic heterocycles. The van der Waals surface area contributed by atoms with E-state index in [1.807, 2.05) is 34.1 Å². The Kier molecular flexibility index (Phi) is 7.60. The molecule has 2 aromatic rings. The second-order valence-electron chi connectivity index (χ2n) is 7.77. The third kappa shape index (κ3) is 5.71. The molecule has 9 nitrogen and oxygen atoms in total. The van der Waals surface area contributed by atoms with Gasteiger partial charge < -0.3 is 19.4 Å². The molecule has 0 aliphatic carbocycles. The van der Waals surface area contributed by atoms with E-state index in [1.54, 1.807) is 18.2 Å². The number of amides is 1. The summed E-state index contributed by atoms with van der Waals surface area (Å²) in [5.74, 6) is -0.216. The van der Waals surface area contributed by atoms with E-state index in [0.29, 0.717) is 68.8 Å². The molecular formula is C22H24IN5O4S. The topological polar surface area (TPSA) is 91.2 Å². The van der Waals surface area contributed by atoms with Gasteiger partial charge in [-0.3, -0.25) is 20.2 Å². The minimum atomic E-state index is -0.332. The lowest BCUT2D eigenvalue weighted by atomic mass is 10.1. The molecule has 1 N–H and O–H groups in total. The van der Waals surface area contributed by atoms with E-state index in [2.05, 4.69) is 32.8 Å². The predicted octanol–water partition coefficient (Wildman–Crippen LogP) is 2.87. The zero-order chi connectivity index (χ0) is 23.4. The summed E-state index contributed by atoms with van der Waals surface area (Å²) in [4.78, 5) is 29.9. The highest BCUT2D eigenvalue weighted by Crippen LogP contribution is 2.33. The SMILES string of the molecule is O=C(NC(=S)N1CCN(c2ccc([N+](=O)[O-])c(N3CCOCC3)c2)CC1)c1cccc(I)c1. The van der Waals surface area contributed by atoms with Gasteiger partial charge in [0.25, 0.3) is 11.6 Å². The standard InChI is InChI=1S/C22H24IN5O4S/c23-17-3-1-2-16(14-17)21(29)24-22(33)27-8-6-25(7-9-27)18-4-5-19(28(30)31)20(15-18)26-10-12-32-13-11-26/h1-5,14-15H,6-13H2,(H,24,29,33). The monoisotopic (exact) mass is 581 g/mol. The summed E-state index contributed by atoms with van der Waals surface area (Å²) in [5, 5.41) is 14.8. The molecule has 0 unspecified atom stereocenters. The molecule has 2 aromatic carbocycles. The van der Waals surface area contributed by atoms with Gasteiger partial charge in [-0.15, -0.1) is 0 Å². The van der Waals surface area contributed by atoms with E-state index >= 15 is 0 Å². The Balaban J connectivity index is 1.39. The van der Waals surface area contributed by atoms with Gasteiger partial charge >= 0.3 is 0 Å². The van der Waals surface area contributed by atoms with Crippen LogP contribution in [0, 0.1) is 13.7 Å². The van der Waals surface area contributed by atoms with E-state index in [9.17, 15) is 14.9 Å². The first kappa shape index (κ1) is 23.6. The zero-order valence-electron chi connectivity index (χ0n) is 17.9. The summed E-state index contributed by atoms with van der Waals surface area (Å²) >= 11 is 7.64. The predicted molar refractivity (Wildman–Crippen MR) is 139 cm³/mol. The van der Waals surface area contributed by atoms with Crippen LogP contribution in [0.5, 0.6) is 0 Å². The lowest BCUT2D eigenvalue weighted by Gasteiger charge is -2.37. The number of piperazine rings is 1. The summed E-state index contributed by atoms with van der Waals surface area (Å²) in [6.07, 6.45) is 0. The Morgan fingerprint density at radius 1 is 1.03 bits per heavy atom. The van der Waals surface area contributed by atoms with E-state index in [0.717, 1.165) is 9.26 Å². The van der Waals surface area contributed by atoms with Crippen LogP contribution in [0.25, 0.3) is 0 Å². The lowest BCUT2D eigenvalue weighted by molar-refractivity contribution is -0.384. The minimum absolute atomic E-state index is 0.110. The van der Waals surface area contributed by atoms with E-state index in [4.69, 9.17) is 17.0 Å². The number of anilines is 2. The van der Waals surface area contributed by atoms with Crippen molar-refractivity contribution in [3.05, 3.63) is 61.7 Å². The van der Waals surface area contributed by atoms with Gasteiger partial charge in [-0.05, 0) is 65.1 Å². The van der Waals surface area contributed by atoms with Gasteiger partial charge in [-0.25, -0.2) is 0 Å². The summed E-state index contributed by atoms with van der Waals surface area (Å²) in [5.41, 5.74) is 2.25. The molecule has 2 fully saturated rings. The van der Waals surface area contributed by atoms with Gasteiger partial charge in [0.05, 0.1) is 18.1 Å². The van der Waals surface area contributed by atoms with E-state index in [1.165, 1.54) is 0 Å². The first-order valence-electron chi connectivity index (χ1n) is 10.6. The highest BCUT2D eigenvalue weighted by atomic mass is 127. The molecule has 0 aromatic heterocycles. The molecule has 1 amide bonds. The Hall–Kier alpha value is -2.51. The Morgan fingerprint density at radius 2 is 1.76 bits per heavy atom. The zero-order valence-corrected chi connectivity index (χ0v) is 20.9. The normalized spacial score (nSPS) is 16.5. The Labute approximate surface area is 211 Å². The molecule has 2 aliphatic rings. The van der Waals surface area contributed by atoms with E-state index < -0.39 is 0 Å². The van der Waals surface area contributed by atoms with Crippen LogP contribution in [0.1, 0.15) is 10.4 Å². The number of nitro groups is 1. The summed E-state index contributed by atoms with van der Waals surface area (Å²) < 4.78 is 6.38. The Bertz CT molecular complexity index is 1050. The van der Waals surface area contributed by atoms with Crippen LogP contribution in [-0.2, 0) is 4.74 Å². The van der Waals surface area contributed by atoms with Crippen molar-refractivity contribution in [2.24, 2.45) is 0 Å². The van der Waals surface area contributed by atoms with Crippen molar-refractivity contribution < 1.29 is 14.5 Å². The van der Waals surface area contributed by atoms with Gasteiger partial charge in [0.15, 0.2) is 5.11 Å². The molecule has 0 saturated carbocycles. The van der Waals surface area contributed by atoms with E-state index in [-0.39, 0.29) is 16.5 Å². The van der Waals surface area contributed by atoms with Crippen molar-refractivity contribution in [2.45, 2.75) is 0 Å². The van der Waals surface area contributed by atoms with Crippen molar-refractivity contribution in [2.75, 3.05) is 62.3 Å². The maximum absolute atomic E-state index is 12.5. The van der Waals surface area contributed by atoms with Crippen LogP contribution < -0.4 is 15.1 Å². The van der Waals surface area contributed by atoms with Crippen LogP contribution in [0.4, 0.5) is 17.1 Å². The molecule has 2 heterocycles. The number of thiocarbonyl (C=S) groups is 1. The minimum Gasteiger partial charge on any atom is -0.378 e. The molecular weight excluding hydrogens is 557 g/mol. The molecule has 11 heteroatoms. The van der Waals surface area contributed by atoms with Crippen molar-refractivity contribution in [1.82, 2.24) is 10.2 Å². The number of carbonyl (C=O) groups excluding carboxylic acids is 1. The fourth-order valence-electron chi connectivity index (χ4n) is 3.97. The first-order chi connectivity index (χ1) is 15.9. The van der Waals surface area contributed by atoms with Crippen LogP contribution in [0.3, 0.4) is 0 Å². The number of ether oxygens (including phenoxy) is 1. The molecule has 0 radical (unpaired) electrons. The summed E-state index contributed by atoms with van der Waals surface area (Å²) in [6, 6.07) is 12.6. The van der Waals surface area contributed by atoms with Crippen molar-refractivity contribution in [3.63, 3.8) is 0 Å². The number of morpholine rings is 1. The third-order valence-electron chi connectivity index (χ3n) is 5.75. The fourth-order valence-corrected chi connectivity index (χ4v) is 4.78. The van der Waals surface area contributed by atoms with Gasteiger partial charge in [0.2, 0.25) is 0 Å². The Morgan fingerprint density at radius 3 is 2.42 bits per heavy atom. The number of rotatable bonds is 4. The van der Waals surface area contributed by atoms with Crippen molar-refractivity contribution in [3.8, 4) is 0 Å².